The molecule has 0 bridgehead atoms. The van der Waals surface area contributed by atoms with E-state index in [-0.39, 0.29) is 11.3 Å². The third-order valence-electron chi connectivity index (χ3n) is 4.83. The van der Waals surface area contributed by atoms with Gasteiger partial charge in [0.2, 0.25) is 0 Å². The molecule has 0 spiro atoms. The highest BCUT2D eigenvalue weighted by Crippen LogP contribution is 2.56. The third-order valence-corrected chi connectivity index (χ3v) is 6.23. The predicted molar refractivity (Wildman–Crippen MR) is 92.0 cm³/mol. The van der Waals surface area contributed by atoms with Gasteiger partial charge < -0.3 is 14.6 Å². The molecule has 4 rings (SSSR count). The molecule has 0 radical (unpaired) electrons. The van der Waals surface area contributed by atoms with Crippen LogP contribution in [0.15, 0.2) is 41.3 Å². The number of halogens is 1. The van der Waals surface area contributed by atoms with Crippen LogP contribution in [-0.4, -0.2) is 27.2 Å². The van der Waals surface area contributed by atoms with Crippen LogP contribution in [0.1, 0.15) is 29.8 Å². The molecule has 1 aliphatic carbocycles. The minimum Gasteiger partial charge on any atom is -0.492 e. The first-order chi connectivity index (χ1) is 12.4. The van der Waals surface area contributed by atoms with Crippen molar-refractivity contribution in [3.8, 4) is 5.75 Å². The van der Waals surface area contributed by atoms with Crippen LogP contribution in [0.4, 0.5) is 10.1 Å². The molecule has 3 unspecified atom stereocenters. The Bertz CT molecular complexity index is 962. The smallest absolute Gasteiger partial charge is 0.264 e. The zero-order valence-corrected chi connectivity index (χ0v) is 14.8. The molecule has 0 aromatic heterocycles. The van der Waals surface area contributed by atoms with Crippen molar-refractivity contribution in [1.29, 1.82) is 0 Å². The van der Waals surface area contributed by atoms with Crippen molar-refractivity contribution in [1.82, 2.24) is 0 Å². The van der Waals surface area contributed by atoms with Crippen LogP contribution >= 0.6 is 0 Å². The second-order valence-corrected chi connectivity index (χ2v) is 8.13. The SMILES string of the molecule is COC(O)c1c(NS(=O)(=O)c2ccccc2F)ccc2c1OCC1CC21. The Labute approximate surface area is 150 Å². The van der Waals surface area contributed by atoms with E-state index < -0.39 is 27.0 Å². The zero-order chi connectivity index (χ0) is 18.5. The summed E-state index contributed by atoms with van der Waals surface area (Å²) in [5, 5.41) is 10.3. The summed E-state index contributed by atoms with van der Waals surface area (Å²) in [6.07, 6.45) is -0.367. The van der Waals surface area contributed by atoms with Gasteiger partial charge in [-0.1, -0.05) is 18.2 Å². The highest BCUT2D eigenvalue weighted by Gasteiger charge is 2.45. The predicted octanol–water partition coefficient (Wildman–Crippen LogP) is 2.76. The molecule has 0 saturated heterocycles. The minimum atomic E-state index is -4.19. The monoisotopic (exact) mass is 379 g/mol. The fourth-order valence-electron chi connectivity index (χ4n) is 3.39. The van der Waals surface area contributed by atoms with Crippen molar-refractivity contribution in [2.24, 2.45) is 5.92 Å². The molecule has 2 aromatic carbocycles. The normalized spacial score (nSPS) is 22.0. The maximum atomic E-state index is 13.9. The zero-order valence-electron chi connectivity index (χ0n) is 14.0. The third kappa shape index (κ3) is 2.84. The molecule has 2 N–H and O–H groups in total. The molecule has 1 heterocycles. The van der Waals surface area contributed by atoms with E-state index in [2.05, 4.69) is 4.72 Å². The average molecular weight is 379 g/mol. The number of hydrogen-bond acceptors (Lipinski definition) is 5. The van der Waals surface area contributed by atoms with Gasteiger partial charge in [0.15, 0.2) is 6.29 Å². The number of rotatable bonds is 5. The van der Waals surface area contributed by atoms with E-state index in [0.29, 0.717) is 24.2 Å². The van der Waals surface area contributed by atoms with Crippen molar-refractivity contribution in [2.45, 2.75) is 23.5 Å². The second kappa shape index (κ2) is 6.22. The van der Waals surface area contributed by atoms with E-state index in [1.54, 1.807) is 12.1 Å². The summed E-state index contributed by atoms with van der Waals surface area (Å²) in [5.41, 5.74) is 1.23. The number of sulfonamides is 1. The highest BCUT2D eigenvalue weighted by molar-refractivity contribution is 7.92. The molecule has 2 aliphatic rings. The van der Waals surface area contributed by atoms with Gasteiger partial charge in [-0.05, 0) is 36.1 Å². The Hall–Kier alpha value is -2.16. The molecule has 3 atom stereocenters. The van der Waals surface area contributed by atoms with Crippen molar-refractivity contribution >= 4 is 15.7 Å². The van der Waals surface area contributed by atoms with Crippen LogP contribution in [0.5, 0.6) is 5.75 Å². The lowest BCUT2D eigenvalue weighted by molar-refractivity contribution is -0.0779. The molecule has 0 amide bonds. The number of hydrogen-bond donors (Lipinski definition) is 2. The lowest BCUT2D eigenvalue weighted by Crippen LogP contribution is -2.19. The summed E-state index contributed by atoms with van der Waals surface area (Å²) in [6, 6.07) is 8.43. The summed E-state index contributed by atoms with van der Waals surface area (Å²) in [5.74, 6) is 0.408. The van der Waals surface area contributed by atoms with Gasteiger partial charge in [0.05, 0.1) is 17.9 Å². The Kier molecular flexibility index (Phi) is 4.13. The van der Waals surface area contributed by atoms with Crippen molar-refractivity contribution in [2.75, 3.05) is 18.4 Å². The summed E-state index contributed by atoms with van der Waals surface area (Å²) in [7, 11) is -2.88. The van der Waals surface area contributed by atoms with Gasteiger partial charge in [-0.15, -0.1) is 0 Å². The Morgan fingerprint density at radius 3 is 2.81 bits per heavy atom. The molecule has 8 heteroatoms. The maximum absolute atomic E-state index is 13.9. The lowest BCUT2D eigenvalue weighted by atomic mass is 10.00. The van der Waals surface area contributed by atoms with Crippen LogP contribution in [0.25, 0.3) is 0 Å². The molecule has 6 nitrogen and oxygen atoms in total. The number of anilines is 1. The summed E-state index contributed by atoms with van der Waals surface area (Å²) in [4.78, 5) is -0.473. The molecule has 2 aromatic rings. The molecule has 1 fully saturated rings. The second-order valence-electron chi connectivity index (χ2n) is 6.48. The van der Waals surface area contributed by atoms with Crippen LogP contribution in [-0.2, 0) is 14.8 Å². The molecule has 1 saturated carbocycles. The first kappa shape index (κ1) is 17.3. The first-order valence-corrected chi connectivity index (χ1v) is 9.68. The summed E-state index contributed by atoms with van der Waals surface area (Å²) < 4.78 is 52.3. The number of aliphatic hydroxyl groups excluding tert-OH is 1. The van der Waals surface area contributed by atoms with Gasteiger partial charge >= 0.3 is 0 Å². The number of fused-ring (bicyclic) bond motifs is 3. The lowest BCUT2D eigenvalue weighted by Gasteiger charge is -2.25. The van der Waals surface area contributed by atoms with Crippen LogP contribution < -0.4 is 9.46 Å². The Morgan fingerprint density at radius 1 is 1.31 bits per heavy atom. The van der Waals surface area contributed by atoms with Crippen LogP contribution in [0.3, 0.4) is 0 Å². The number of benzene rings is 2. The Balaban J connectivity index is 1.78. The highest BCUT2D eigenvalue weighted by atomic mass is 32.2. The molecule has 1 aliphatic heterocycles. The van der Waals surface area contributed by atoms with Crippen LogP contribution in [0, 0.1) is 11.7 Å². The number of nitrogens with one attached hydrogen (secondary N) is 1. The van der Waals surface area contributed by atoms with Gasteiger partial charge in [0, 0.05) is 13.0 Å². The fraction of sp³-hybridized carbons (Fsp3) is 0.333. The summed E-state index contributed by atoms with van der Waals surface area (Å²) >= 11 is 0. The van der Waals surface area contributed by atoms with Gasteiger partial charge in [-0.2, -0.15) is 0 Å². The average Bonchev–Trinajstić information content (AvgIpc) is 3.40. The number of methoxy groups -OCH3 is 1. The standard InChI is InChI=1S/C18H18FNO5S/c1-24-18(21)16-14(7-6-11-12-8-10(12)9-25-17(11)16)20-26(22,23)15-5-3-2-4-13(15)19/h2-7,10,12,18,20-21H,8-9H2,1H3. The van der Waals surface area contributed by atoms with Crippen LogP contribution in [0.2, 0.25) is 0 Å². The quantitative estimate of drug-likeness (QED) is 0.781. The first-order valence-electron chi connectivity index (χ1n) is 8.20. The number of ether oxygens (including phenoxy) is 2. The van der Waals surface area contributed by atoms with E-state index in [1.165, 1.54) is 25.3 Å². The van der Waals surface area contributed by atoms with Crippen molar-refractivity contribution < 1.29 is 27.4 Å². The Morgan fingerprint density at radius 2 is 2.08 bits per heavy atom. The molecular weight excluding hydrogens is 361 g/mol. The largest absolute Gasteiger partial charge is 0.492 e. The van der Waals surface area contributed by atoms with E-state index in [0.717, 1.165) is 18.1 Å². The number of aliphatic hydroxyl groups is 1. The summed E-state index contributed by atoms with van der Waals surface area (Å²) in [6.45, 7) is 0.518. The van der Waals surface area contributed by atoms with E-state index in [1.807, 2.05) is 0 Å². The van der Waals surface area contributed by atoms with Gasteiger partial charge in [-0.3, -0.25) is 4.72 Å². The minimum absolute atomic E-state index is 0.0976. The molecule has 138 valence electrons. The topological polar surface area (TPSA) is 84.9 Å². The van der Waals surface area contributed by atoms with Crippen molar-refractivity contribution in [3.05, 3.63) is 53.3 Å². The van der Waals surface area contributed by atoms with E-state index >= 15 is 0 Å². The van der Waals surface area contributed by atoms with Gasteiger partial charge in [0.1, 0.15) is 16.5 Å². The van der Waals surface area contributed by atoms with Crippen molar-refractivity contribution in [3.63, 3.8) is 0 Å². The maximum Gasteiger partial charge on any atom is 0.264 e. The van der Waals surface area contributed by atoms with E-state index in [4.69, 9.17) is 9.47 Å². The molecular formula is C18H18FNO5S. The molecule has 26 heavy (non-hydrogen) atoms. The van der Waals surface area contributed by atoms with Gasteiger partial charge in [-0.25, -0.2) is 12.8 Å². The fourth-order valence-corrected chi connectivity index (χ4v) is 4.55. The van der Waals surface area contributed by atoms with E-state index in [9.17, 15) is 17.9 Å². The van der Waals surface area contributed by atoms with Gasteiger partial charge in [0.25, 0.3) is 10.0 Å².